The highest BCUT2D eigenvalue weighted by molar-refractivity contribution is 8.00. The van der Waals surface area contributed by atoms with E-state index in [0.717, 1.165) is 23.9 Å². The van der Waals surface area contributed by atoms with Gasteiger partial charge in [-0.25, -0.2) is 8.78 Å². The molecule has 3 rings (SSSR count). The number of amides is 1. The number of nitro benzene ring substituents is 1. The Morgan fingerprint density at radius 3 is 2.75 bits per heavy atom. The van der Waals surface area contributed by atoms with Crippen molar-refractivity contribution in [2.75, 3.05) is 5.32 Å². The van der Waals surface area contributed by atoms with E-state index >= 15 is 0 Å². The van der Waals surface area contributed by atoms with E-state index in [9.17, 15) is 23.7 Å². The molecule has 0 saturated heterocycles. The molecule has 1 heterocycles. The van der Waals surface area contributed by atoms with Gasteiger partial charge in [0.2, 0.25) is 11.8 Å². The number of halogens is 2. The molecule has 1 aromatic heterocycles. The first kappa shape index (κ1) is 19.4. The average molecular weight is 406 g/mol. The minimum Gasteiger partial charge on any atom is -0.411 e. The first-order chi connectivity index (χ1) is 13.3. The van der Waals surface area contributed by atoms with Crippen molar-refractivity contribution in [2.45, 2.75) is 17.4 Å². The van der Waals surface area contributed by atoms with E-state index in [1.165, 1.54) is 18.2 Å². The highest BCUT2D eigenvalue weighted by Gasteiger charge is 2.20. The molecule has 0 fully saturated rings. The van der Waals surface area contributed by atoms with Gasteiger partial charge in [0.25, 0.3) is 10.9 Å². The van der Waals surface area contributed by atoms with Crippen LogP contribution in [0.2, 0.25) is 0 Å². The van der Waals surface area contributed by atoms with Crippen molar-refractivity contribution in [1.29, 1.82) is 0 Å². The number of anilines is 1. The lowest BCUT2D eigenvalue weighted by Gasteiger charge is -2.10. The van der Waals surface area contributed by atoms with Crippen molar-refractivity contribution < 1.29 is 22.9 Å². The van der Waals surface area contributed by atoms with Crippen molar-refractivity contribution in [3.63, 3.8) is 0 Å². The van der Waals surface area contributed by atoms with Crippen LogP contribution in [0, 0.1) is 21.7 Å². The quantitative estimate of drug-likeness (QED) is 0.373. The second-order valence-corrected chi connectivity index (χ2v) is 6.85. The van der Waals surface area contributed by atoms with Gasteiger partial charge in [0.05, 0.1) is 15.9 Å². The number of hydrogen-bond acceptors (Lipinski definition) is 7. The molecule has 144 valence electrons. The third-order valence-electron chi connectivity index (χ3n) is 3.55. The van der Waals surface area contributed by atoms with Crippen LogP contribution in [0.15, 0.2) is 52.1 Å². The summed E-state index contributed by atoms with van der Waals surface area (Å²) in [7, 11) is 0. The fourth-order valence-electron chi connectivity index (χ4n) is 2.16. The van der Waals surface area contributed by atoms with E-state index < -0.39 is 27.7 Å². The summed E-state index contributed by atoms with van der Waals surface area (Å²) in [4.78, 5) is 22.5. The molecule has 0 aliphatic heterocycles. The van der Waals surface area contributed by atoms with Gasteiger partial charge in [-0.05, 0) is 25.1 Å². The lowest BCUT2D eigenvalue weighted by Crippen LogP contribution is -2.23. The third-order valence-corrected chi connectivity index (χ3v) is 4.48. The molecule has 1 amide bonds. The molecule has 8 nitrogen and oxygen atoms in total. The van der Waals surface area contributed by atoms with Crippen LogP contribution in [0.3, 0.4) is 0 Å². The molecule has 0 radical (unpaired) electrons. The predicted molar refractivity (Wildman–Crippen MR) is 96.7 cm³/mol. The second kappa shape index (κ2) is 8.13. The highest BCUT2D eigenvalue weighted by atomic mass is 32.2. The zero-order valence-corrected chi connectivity index (χ0v) is 15.1. The van der Waals surface area contributed by atoms with Crippen LogP contribution >= 0.6 is 11.8 Å². The van der Waals surface area contributed by atoms with Gasteiger partial charge in [-0.3, -0.25) is 14.9 Å². The van der Waals surface area contributed by atoms with Crippen molar-refractivity contribution >= 4 is 29.0 Å². The van der Waals surface area contributed by atoms with Crippen LogP contribution in [0.4, 0.5) is 20.2 Å². The van der Waals surface area contributed by atoms with Crippen LogP contribution in [0.1, 0.15) is 6.92 Å². The maximum Gasteiger partial charge on any atom is 0.277 e. The molecule has 0 bridgehead atoms. The number of nitro groups is 1. The Bertz CT molecular complexity index is 1040. The summed E-state index contributed by atoms with van der Waals surface area (Å²) in [5.74, 6) is -2.14. The molecule has 1 atom stereocenters. The number of nitrogens with one attached hydrogen (secondary N) is 1. The fourth-order valence-corrected chi connectivity index (χ4v) is 2.84. The Morgan fingerprint density at radius 1 is 1.25 bits per heavy atom. The molecule has 2 aromatic carbocycles. The van der Waals surface area contributed by atoms with E-state index in [1.807, 2.05) is 0 Å². The standard InChI is InChI=1S/C17H12F2N4O4S/c1-9(15(24)20-14-6-5-11(18)8-13(14)19)28-17-22-21-16(27-17)10-3-2-4-12(7-10)23(25)26/h2-9H,1H3,(H,20,24)/t9-/m1/s1. The SMILES string of the molecule is C[C@@H](Sc1nnc(-c2cccc([N+](=O)[O-])c2)o1)C(=O)Nc1ccc(F)cc1F. The Morgan fingerprint density at radius 2 is 2.04 bits per heavy atom. The van der Waals surface area contributed by atoms with Gasteiger partial charge >= 0.3 is 0 Å². The lowest BCUT2D eigenvalue weighted by molar-refractivity contribution is -0.384. The number of nitrogens with zero attached hydrogens (tertiary/aromatic N) is 3. The molecule has 0 spiro atoms. The molecule has 3 aromatic rings. The Labute approximate surface area is 161 Å². The first-order valence-electron chi connectivity index (χ1n) is 7.84. The number of aromatic nitrogens is 2. The molecular weight excluding hydrogens is 394 g/mol. The van der Waals surface area contributed by atoms with E-state index in [1.54, 1.807) is 13.0 Å². The summed E-state index contributed by atoms with van der Waals surface area (Å²) in [5.41, 5.74) is 0.0830. The Kier molecular flexibility index (Phi) is 5.64. The summed E-state index contributed by atoms with van der Waals surface area (Å²) in [5, 5.41) is 20.1. The van der Waals surface area contributed by atoms with Crippen LogP contribution < -0.4 is 5.32 Å². The lowest BCUT2D eigenvalue weighted by atomic mass is 10.2. The number of rotatable bonds is 6. The monoisotopic (exact) mass is 406 g/mol. The van der Waals surface area contributed by atoms with E-state index in [-0.39, 0.29) is 22.5 Å². The van der Waals surface area contributed by atoms with Crippen LogP contribution in [0.5, 0.6) is 0 Å². The number of non-ortho nitro benzene ring substituents is 1. The van der Waals surface area contributed by atoms with Gasteiger partial charge in [-0.15, -0.1) is 10.2 Å². The van der Waals surface area contributed by atoms with Crippen molar-refractivity contribution in [2.24, 2.45) is 0 Å². The second-order valence-electron chi connectivity index (χ2n) is 5.55. The fraction of sp³-hybridized carbons (Fsp3) is 0.118. The molecule has 0 unspecified atom stereocenters. The molecule has 0 aliphatic carbocycles. The number of thioether (sulfide) groups is 1. The van der Waals surface area contributed by atoms with Gasteiger partial charge in [0, 0.05) is 23.8 Å². The minimum absolute atomic E-state index is 0.0587. The third kappa shape index (κ3) is 4.49. The molecule has 28 heavy (non-hydrogen) atoms. The van der Waals surface area contributed by atoms with Gasteiger partial charge in [-0.2, -0.15) is 0 Å². The van der Waals surface area contributed by atoms with Crippen molar-refractivity contribution in [3.05, 3.63) is 64.2 Å². The zero-order valence-electron chi connectivity index (χ0n) is 14.3. The number of carbonyl (C=O) groups excluding carboxylic acids is 1. The average Bonchev–Trinajstić information content (AvgIpc) is 3.12. The summed E-state index contributed by atoms with van der Waals surface area (Å²) in [6.07, 6.45) is 0. The summed E-state index contributed by atoms with van der Waals surface area (Å²) >= 11 is 0.923. The Hall–Kier alpha value is -3.34. The predicted octanol–water partition coefficient (Wildman–Crippen LogP) is 4.04. The maximum atomic E-state index is 13.6. The normalized spacial score (nSPS) is 11.8. The Balaban J connectivity index is 1.68. The van der Waals surface area contributed by atoms with Gasteiger partial charge in [0.1, 0.15) is 11.6 Å². The number of carbonyl (C=O) groups is 1. The first-order valence-corrected chi connectivity index (χ1v) is 8.72. The van der Waals surface area contributed by atoms with Gasteiger partial charge in [-0.1, -0.05) is 17.8 Å². The van der Waals surface area contributed by atoms with Crippen LogP contribution in [-0.4, -0.2) is 26.3 Å². The summed E-state index contributed by atoms with van der Waals surface area (Å²) in [6, 6.07) is 8.48. The van der Waals surface area contributed by atoms with Crippen molar-refractivity contribution in [1.82, 2.24) is 10.2 Å². The summed E-state index contributed by atoms with van der Waals surface area (Å²) in [6.45, 7) is 1.54. The minimum atomic E-state index is -0.892. The van der Waals surface area contributed by atoms with Gasteiger partial charge < -0.3 is 9.73 Å². The molecule has 0 saturated carbocycles. The maximum absolute atomic E-state index is 13.6. The largest absolute Gasteiger partial charge is 0.411 e. The van der Waals surface area contributed by atoms with Crippen LogP contribution in [-0.2, 0) is 4.79 Å². The summed E-state index contributed by atoms with van der Waals surface area (Å²) < 4.78 is 32.0. The molecular formula is C17H12F2N4O4S. The van der Waals surface area contributed by atoms with Gasteiger partial charge in [0.15, 0.2) is 0 Å². The van der Waals surface area contributed by atoms with E-state index in [4.69, 9.17) is 4.42 Å². The molecule has 0 aliphatic rings. The van der Waals surface area contributed by atoms with Crippen molar-refractivity contribution in [3.8, 4) is 11.5 Å². The van der Waals surface area contributed by atoms with E-state index in [0.29, 0.717) is 11.6 Å². The number of benzene rings is 2. The van der Waals surface area contributed by atoms with E-state index in [2.05, 4.69) is 15.5 Å². The highest BCUT2D eigenvalue weighted by Crippen LogP contribution is 2.28. The molecule has 11 heteroatoms. The topological polar surface area (TPSA) is 111 Å². The molecule has 1 N–H and O–H groups in total. The number of hydrogen-bond donors (Lipinski definition) is 1. The van der Waals surface area contributed by atoms with Crippen LogP contribution in [0.25, 0.3) is 11.5 Å². The zero-order chi connectivity index (χ0) is 20.3. The smallest absolute Gasteiger partial charge is 0.277 e.